The van der Waals surface area contributed by atoms with E-state index in [0.717, 1.165) is 5.69 Å². The summed E-state index contributed by atoms with van der Waals surface area (Å²) in [6, 6.07) is 13.5. The first-order valence-corrected chi connectivity index (χ1v) is 10.6. The van der Waals surface area contributed by atoms with Crippen LogP contribution in [0.4, 0.5) is 10.1 Å². The molecule has 1 aromatic heterocycles. The molecule has 1 amide bonds. The van der Waals surface area contributed by atoms with Crippen LogP contribution in [0.1, 0.15) is 11.4 Å². The molecule has 1 heterocycles. The van der Waals surface area contributed by atoms with Crippen LogP contribution in [-0.4, -0.2) is 32.6 Å². The number of hydrazone groups is 1. The first-order chi connectivity index (χ1) is 15.1. The fourth-order valence-corrected chi connectivity index (χ4v) is 3.42. The molecule has 31 heavy (non-hydrogen) atoms. The summed E-state index contributed by atoms with van der Waals surface area (Å²) in [4.78, 5) is 12.1. The van der Waals surface area contributed by atoms with E-state index >= 15 is 0 Å². The summed E-state index contributed by atoms with van der Waals surface area (Å²) in [5, 5.41) is 16.7. The molecule has 0 aliphatic heterocycles. The summed E-state index contributed by atoms with van der Waals surface area (Å²) in [5.74, 6) is 0.0307. The molecule has 0 radical (unpaired) electrons. The summed E-state index contributed by atoms with van der Waals surface area (Å²) in [6.07, 6.45) is 3.00. The number of rotatable bonds is 10. The first kappa shape index (κ1) is 22.5. The normalized spacial score (nSPS) is 10.9. The third-order valence-corrected chi connectivity index (χ3v) is 5.25. The Balaban J connectivity index is 1.55. The minimum absolute atomic E-state index is 0.0779. The summed E-state index contributed by atoms with van der Waals surface area (Å²) >= 11 is 7.13. The van der Waals surface area contributed by atoms with Crippen LogP contribution in [-0.2, 0) is 17.9 Å². The molecule has 7 nitrogen and oxygen atoms in total. The lowest BCUT2D eigenvalue weighted by Gasteiger charge is -2.09. The Morgan fingerprint density at radius 2 is 2.00 bits per heavy atom. The second kappa shape index (κ2) is 11.3. The number of carbonyl (C=O) groups is 1. The van der Waals surface area contributed by atoms with Gasteiger partial charge in [-0.2, -0.15) is 5.10 Å². The fourth-order valence-electron chi connectivity index (χ4n) is 2.53. The number of thioether (sulfide) groups is 1. The minimum Gasteiger partial charge on any atom is -0.378 e. The molecule has 0 aliphatic rings. The van der Waals surface area contributed by atoms with Crippen LogP contribution in [0.3, 0.4) is 0 Å². The zero-order chi connectivity index (χ0) is 22.1. The number of amides is 1. The SMILES string of the molecule is C=CCn1c(CNc2ccc(Cl)cc2)nnc1SCC(=O)NN=Cc1ccccc1F. The van der Waals surface area contributed by atoms with E-state index in [0.29, 0.717) is 34.7 Å². The van der Waals surface area contributed by atoms with E-state index < -0.39 is 5.82 Å². The Labute approximate surface area is 188 Å². The number of carbonyl (C=O) groups excluding carboxylic acids is 1. The van der Waals surface area contributed by atoms with Crippen molar-refractivity contribution in [2.24, 2.45) is 5.10 Å². The Morgan fingerprint density at radius 1 is 1.23 bits per heavy atom. The summed E-state index contributed by atoms with van der Waals surface area (Å²) in [5.41, 5.74) is 3.57. The number of anilines is 1. The van der Waals surface area contributed by atoms with E-state index in [1.54, 1.807) is 36.4 Å². The predicted octanol–water partition coefficient (Wildman–Crippen LogP) is 4.11. The van der Waals surface area contributed by atoms with Crippen molar-refractivity contribution in [3.8, 4) is 0 Å². The van der Waals surface area contributed by atoms with Crippen LogP contribution in [0.2, 0.25) is 5.02 Å². The summed E-state index contributed by atoms with van der Waals surface area (Å²) < 4.78 is 15.4. The second-order valence-corrected chi connectivity index (χ2v) is 7.64. The van der Waals surface area contributed by atoms with Crippen LogP contribution >= 0.6 is 23.4 Å². The topological polar surface area (TPSA) is 84.2 Å². The van der Waals surface area contributed by atoms with E-state index in [4.69, 9.17) is 11.6 Å². The summed E-state index contributed by atoms with van der Waals surface area (Å²) in [6.45, 7) is 4.71. The molecule has 0 unspecified atom stereocenters. The van der Waals surface area contributed by atoms with Crippen molar-refractivity contribution >= 4 is 41.2 Å². The van der Waals surface area contributed by atoms with Crippen LogP contribution in [0.15, 0.2) is 71.4 Å². The van der Waals surface area contributed by atoms with Gasteiger partial charge in [-0.05, 0) is 30.3 Å². The monoisotopic (exact) mass is 458 g/mol. The Bertz CT molecular complexity index is 1070. The maximum atomic E-state index is 13.5. The van der Waals surface area contributed by atoms with Crippen molar-refractivity contribution < 1.29 is 9.18 Å². The van der Waals surface area contributed by atoms with E-state index in [9.17, 15) is 9.18 Å². The highest BCUT2D eigenvalue weighted by Crippen LogP contribution is 2.19. The van der Waals surface area contributed by atoms with E-state index in [1.807, 2.05) is 16.7 Å². The van der Waals surface area contributed by atoms with E-state index in [-0.39, 0.29) is 11.7 Å². The van der Waals surface area contributed by atoms with Gasteiger partial charge in [0, 0.05) is 22.8 Å². The quantitative estimate of drug-likeness (QED) is 0.207. The molecule has 3 aromatic rings. The zero-order valence-electron chi connectivity index (χ0n) is 16.5. The van der Waals surface area contributed by atoms with Crippen molar-refractivity contribution in [1.82, 2.24) is 20.2 Å². The molecule has 2 aromatic carbocycles. The van der Waals surface area contributed by atoms with E-state index in [2.05, 4.69) is 32.6 Å². The van der Waals surface area contributed by atoms with Crippen molar-refractivity contribution in [2.45, 2.75) is 18.2 Å². The molecule has 0 spiro atoms. The Hall–Kier alpha value is -3.17. The van der Waals surface area contributed by atoms with Gasteiger partial charge in [0.15, 0.2) is 11.0 Å². The molecule has 3 rings (SSSR count). The Morgan fingerprint density at radius 3 is 2.74 bits per heavy atom. The van der Waals surface area contributed by atoms with Crippen LogP contribution in [0.5, 0.6) is 0 Å². The highest BCUT2D eigenvalue weighted by atomic mass is 35.5. The molecule has 0 aliphatic carbocycles. The van der Waals surface area contributed by atoms with Gasteiger partial charge in [-0.3, -0.25) is 4.79 Å². The van der Waals surface area contributed by atoms with Gasteiger partial charge >= 0.3 is 0 Å². The lowest BCUT2D eigenvalue weighted by Crippen LogP contribution is -2.20. The average Bonchev–Trinajstić information content (AvgIpc) is 3.15. The maximum Gasteiger partial charge on any atom is 0.250 e. The number of halogens is 2. The molecule has 0 atom stereocenters. The highest BCUT2D eigenvalue weighted by molar-refractivity contribution is 7.99. The smallest absolute Gasteiger partial charge is 0.250 e. The molecule has 10 heteroatoms. The van der Waals surface area contributed by atoms with E-state index in [1.165, 1.54) is 24.0 Å². The molecule has 2 N–H and O–H groups in total. The van der Waals surface area contributed by atoms with Crippen molar-refractivity contribution in [2.75, 3.05) is 11.1 Å². The lowest BCUT2D eigenvalue weighted by atomic mass is 10.2. The molecule has 0 saturated heterocycles. The van der Waals surface area contributed by atoms with Crippen LogP contribution in [0.25, 0.3) is 0 Å². The van der Waals surface area contributed by atoms with Crippen LogP contribution in [0, 0.1) is 5.82 Å². The maximum absolute atomic E-state index is 13.5. The summed E-state index contributed by atoms with van der Waals surface area (Å²) in [7, 11) is 0. The third kappa shape index (κ3) is 6.66. The van der Waals surface area contributed by atoms with Crippen LogP contribution < -0.4 is 10.7 Å². The largest absolute Gasteiger partial charge is 0.378 e. The van der Waals surface area contributed by atoms with Gasteiger partial charge in [-0.1, -0.05) is 47.6 Å². The van der Waals surface area contributed by atoms with Gasteiger partial charge in [-0.25, -0.2) is 9.82 Å². The number of hydrogen-bond donors (Lipinski definition) is 2. The van der Waals surface area contributed by atoms with Gasteiger partial charge in [0.1, 0.15) is 5.82 Å². The first-order valence-electron chi connectivity index (χ1n) is 9.28. The van der Waals surface area contributed by atoms with Crippen molar-refractivity contribution in [1.29, 1.82) is 0 Å². The second-order valence-electron chi connectivity index (χ2n) is 6.26. The van der Waals surface area contributed by atoms with Gasteiger partial charge in [-0.15, -0.1) is 16.8 Å². The molecular formula is C21H20ClFN6OS. The fraction of sp³-hybridized carbons (Fsp3) is 0.143. The number of aromatic nitrogens is 3. The molecular weight excluding hydrogens is 439 g/mol. The highest BCUT2D eigenvalue weighted by Gasteiger charge is 2.13. The number of nitrogens with one attached hydrogen (secondary N) is 2. The van der Waals surface area contributed by atoms with Gasteiger partial charge in [0.25, 0.3) is 5.91 Å². The number of benzene rings is 2. The van der Waals surface area contributed by atoms with Gasteiger partial charge in [0.05, 0.1) is 18.5 Å². The molecule has 160 valence electrons. The zero-order valence-corrected chi connectivity index (χ0v) is 18.0. The lowest BCUT2D eigenvalue weighted by molar-refractivity contribution is -0.118. The minimum atomic E-state index is -0.410. The number of allylic oxidation sites excluding steroid dienone is 1. The third-order valence-electron chi connectivity index (χ3n) is 4.03. The molecule has 0 fully saturated rings. The number of hydrogen-bond acceptors (Lipinski definition) is 6. The number of nitrogens with zero attached hydrogens (tertiary/aromatic N) is 4. The predicted molar refractivity (Wildman–Crippen MR) is 122 cm³/mol. The van der Waals surface area contributed by atoms with Gasteiger partial charge in [0.2, 0.25) is 0 Å². The Kier molecular flexibility index (Phi) is 8.19. The molecule has 0 saturated carbocycles. The standard InChI is InChI=1S/C21H20ClFN6OS/c1-2-11-29-19(13-24-17-9-7-16(22)8-10-17)26-28-21(29)31-14-20(30)27-25-12-15-5-3-4-6-18(15)23/h2-10,12,24H,1,11,13-14H2,(H,27,30). The molecule has 0 bridgehead atoms. The van der Waals surface area contributed by atoms with Crippen molar-refractivity contribution in [3.63, 3.8) is 0 Å². The average molecular weight is 459 g/mol. The van der Waals surface area contributed by atoms with Crippen molar-refractivity contribution in [3.05, 3.63) is 83.4 Å². The van der Waals surface area contributed by atoms with Gasteiger partial charge < -0.3 is 9.88 Å².